The molecule has 2 aromatic rings. The molecule has 5 heteroatoms. The predicted octanol–water partition coefficient (Wildman–Crippen LogP) is 1.74. The Balaban J connectivity index is 1.65. The van der Waals surface area contributed by atoms with E-state index in [2.05, 4.69) is 33.3 Å². The van der Waals surface area contributed by atoms with Gasteiger partial charge in [-0.25, -0.2) is 0 Å². The molecule has 0 aliphatic heterocycles. The van der Waals surface area contributed by atoms with Crippen molar-refractivity contribution in [1.82, 2.24) is 19.6 Å². The second-order valence-electron chi connectivity index (χ2n) is 5.31. The summed E-state index contributed by atoms with van der Waals surface area (Å²) >= 11 is 0. The summed E-state index contributed by atoms with van der Waals surface area (Å²) in [7, 11) is 0. The van der Waals surface area contributed by atoms with Crippen molar-refractivity contribution in [2.75, 3.05) is 6.54 Å². The van der Waals surface area contributed by atoms with E-state index in [0.717, 1.165) is 18.7 Å². The Morgan fingerprint density at radius 1 is 1.32 bits per heavy atom. The van der Waals surface area contributed by atoms with E-state index in [4.69, 9.17) is 5.73 Å². The molecule has 0 bridgehead atoms. The molecule has 2 heterocycles. The summed E-state index contributed by atoms with van der Waals surface area (Å²) in [5, 5.41) is 9.02. The third kappa shape index (κ3) is 2.87. The highest BCUT2D eigenvalue weighted by Gasteiger charge is 2.17. The molecule has 1 aliphatic rings. The number of rotatable bonds is 5. The molecule has 1 fully saturated rings. The number of nitrogens with zero attached hydrogens (tertiary/aromatic N) is 4. The van der Waals surface area contributed by atoms with E-state index in [1.807, 2.05) is 10.9 Å². The summed E-state index contributed by atoms with van der Waals surface area (Å²) in [5.41, 5.74) is 7.81. The van der Waals surface area contributed by atoms with Crippen LogP contribution in [-0.2, 0) is 13.0 Å². The summed E-state index contributed by atoms with van der Waals surface area (Å²) in [5.74, 6) is 0. The third-order valence-corrected chi connectivity index (χ3v) is 3.81. The molecule has 3 rings (SSSR count). The summed E-state index contributed by atoms with van der Waals surface area (Å²) < 4.78 is 4.07. The van der Waals surface area contributed by atoms with Crippen LogP contribution in [0.3, 0.4) is 0 Å². The topological polar surface area (TPSA) is 61.7 Å². The van der Waals surface area contributed by atoms with Gasteiger partial charge in [-0.1, -0.05) is 12.8 Å². The molecule has 0 amide bonds. The predicted molar refractivity (Wildman–Crippen MR) is 73.8 cm³/mol. The van der Waals surface area contributed by atoms with E-state index in [9.17, 15) is 0 Å². The average molecular weight is 259 g/mol. The maximum absolute atomic E-state index is 5.54. The first-order chi connectivity index (χ1) is 9.35. The van der Waals surface area contributed by atoms with Gasteiger partial charge >= 0.3 is 0 Å². The quantitative estimate of drug-likeness (QED) is 0.889. The minimum atomic E-state index is 0.610. The van der Waals surface area contributed by atoms with Crippen molar-refractivity contribution in [1.29, 1.82) is 0 Å². The second-order valence-corrected chi connectivity index (χ2v) is 5.31. The number of aromatic nitrogens is 4. The molecule has 0 aromatic carbocycles. The first-order valence-corrected chi connectivity index (χ1v) is 7.10. The third-order valence-electron chi connectivity index (χ3n) is 3.81. The Morgan fingerprint density at radius 2 is 2.16 bits per heavy atom. The first kappa shape index (κ1) is 12.4. The summed E-state index contributed by atoms with van der Waals surface area (Å²) in [4.78, 5) is 0. The highest BCUT2D eigenvalue weighted by atomic mass is 15.3. The van der Waals surface area contributed by atoms with E-state index in [1.54, 1.807) is 0 Å². The molecule has 0 atom stereocenters. The van der Waals surface area contributed by atoms with Crippen LogP contribution in [0.4, 0.5) is 0 Å². The minimum Gasteiger partial charge on any atom is -0.330 e. The van der Waals surface area contributed by atoms with Crippen molar-refractivity contribution < 1.29 is 0 Å². The van der Waals surface area contributed by atoms with Gasteiger partial charge in [-0.3, -0.25) is 9.36 Å². The van der Waals surface area contributed by atoms with Crippen molar-refractivity contribution in [3.05, 3.63) is 35.9 Å². The summed E-state index contributed by atoms with van der Waals surface area (Å²) in [6.45, 7) is 1.41. The molecule has 0 spiro atoms. The van der Waals surface area contributed by atoms with Gasteiger partial charge in [-0.15, -0.1) is 0 Å². The fourth-order valence-electron chi connectivity index (χ4n) is 2.79. The highest BCUT2D eigenvalue weighted by molar-refractivity contribution is 5.07. The van der Waals surface area contributed by atoms with Gasteiger partial charge in [0.05, 0.1) is 24.5 Å². The zero-order valence-electron chi connectivity index (χ0n) is 11.2. The zero-order chi connectivity index (χ0) is 13.1. The monoisotopic (exact) mass is 259 g/mol. The molecule has 5 nitrogen and oxygen atoms in total. The van der Waals surface area contributed by atoms with Crippen LogP contribution in [0, 0.1) is 0 Å². The largest absolute Gasteiger partial charge is 0.330 e. The normalized spacial score (nSPS) is 16.3. The molecule has 2 N–H and O–H groups in total. The molecule has 0 unspecified atom stereocenters. The molecule has 102 valence electrons. The lowest BCUT2D eigenvalue weighted by Gasteiger charge is -2.08. The van der Waals surface area contributed by atoms with Gasteiger partial charge in [0, 0.05) is 12.4 Å². The van der Waals surface area contributed by atoms with Gasteiger partial charge in [0.15, 0.2) is 0 Å². The van der Waals surface area contributed by atoms with Crippen molar-refractivity contribution in [3.63, 3.8) is 0 Å². The Morgan fingerprint density at radius 3 is 2.95 bits per heavy atom. The number of hydrogen-bond acceptors (Lipinski definition) is 3. The van der Waals surface area contributed by atoms with Crippen LogP contribution in [0.2, 0.25) is 0 Å². The molecular formula is C14H21N5. The molecule has 0 radical (unpaired) electrons. The van der Waals surface area contributed by atoms with Crippen LogP contribution in [0.5, 0.6) is 0 Å². The van der Waals surface area contributed by atoms with Gasteiger partial charge in [0.1, 0.15) is 0 Å². The van der Waals surface area contributed by atoms with E-state index >= 15 is 0 Å². The van der Waals surface area contributed by atoms with Crippen LogP contribution < -0.4 is 5.73 Å². The lowest BCUT2D eigenvalue weighted by molar-refractivity contribution is 0.460. The lowest BCUT2D eigenvalue weighted by Crippen LogP contribution is -2.07. The van der Waals surface area contributed by atoms with Crippen molar-refractivity contribution in [2.24, 2.45) is 5.73 Å². The van der Waals surface area contributed by atoms with Gasteiger partial charge in [-0.05, 0) is 37.4 Å². The Kier molecular flexibility index (Phi) is 3.64. The SMILES string of the molecule is NCCc1cnn(Cc2ccn(C3CCCC3)n2)c1. The Hall–Kier alpha value is -1.62. The number of hydrogen-bond donors (Lipinski definition) is 1. The minimum absolute atomic E-state index is 0.610. The average Bonchev–Trinajstić information content (AvgIpc) is 3.10. The summed E-state index contributed by atoms with van der Waals surface area (Å²) in [6, 6.07) is 2.71. The Bertz CT molecular complexity index is 521. The van der Waals surface area contributed by atoms with Gasteiger partial charge in [-0.2, -0.15) is 10.2 Å². The fraction of sp³-hybridized carbons (Fsp3) is 0.571. The van der Waals surface area contributed by atoms with Crippen molar-refractivity contribution in [3.8, 4) is 0 Å². The maximum Gasteiger partial charge on any atom is 0.0849 e. The van der Waals surface area contributed by atoms with Crippen molar-refractivity contribution in [2.45, 2.75) is 44.7 Å². The van der Waals surface area contributed by atoms with Crippen LogP contribution in [0.25, 0.3) is 0 Å². The van der Waals surface area contributed by atoms with Crippen LogP contribution >= 0.6 is 0 Å². The van der Waals surface area contributed by atoms with Gasteiger partial charge in [0.2, 0.25) is 0 Å². The first-order valence-electron chi connectivity index (χ1n) is 7.10. The van der Waals surface area contributed by atoms with Gasteiger partial charge in [0.25, 0.3) is 0 Å². The zero-order valence-corrected chi connectivity index (χ0v) is 11.2. The molecule has 2 aromatic heterocycles. The van der Waals surface area contributed by atoms with Gasteiger partial charge < -0.3 is 5.73 Å². The highest BCUT2D eigenvalue weighted by Crippen LogP contribution is 2.28. The number of nitrogens with two attached hydrogens (primary N) is 1. The van der Waals surface area contributed by atoms with Crippen molar-refractivity contribution >= 4 is 0 Å². The standard InChI is InChI=1S/C14H21N5/c15-7-5-12-9-16-18(10-12)11-13-6-8-19(17-13)14-3-1-2-4-14/h6,8-10,14H,1-5,7,11,15H2. The van der Waals surface area contributed by atoms with E-state index in [0.29, 0.717) is 12.6 Å². The van der Waals surface area contributed by atoms with Crippen LogP contribution in [0.15, 0.2) is 24.7 Å². The van der Waals surface area contributed by atoms with Crippen LogP contribution in [-0.4, -0.2) is 26.1 Å². The molecule has 0 saturated heterocycles. The lowest BCUT2D eigenvalue weighted by atomic mass is 10.3. The summed E-state index contributed by atoms with van der Waals surface area (Å²) in [6.07, 6.45) is 12.1. The molecular weight excluding hydrogens is 238 g/mol. The van der Waals surface area contributed by atoms with Crippen LogP contribution in [0.1, 0.15) is 43.0 Å². The second kappa shape index (κ2) is 5.57. The molecule has 1 saturated carbocycles. The Labute approximate surface area is 113 Å². The fourth-order valence-corrected chi connectivity index (χ4v) is 2.79. The van der Waals surface area contributed by atoms with E-state index in [1.165, 1.54) is 31.2 Å². The molecule has 1 aliphatic carbocycles. The van der Waals surface area contributed by atoms with E-state index < -0.39 is 0 Å². The molecule has 19 heavy (non-hydrogen) atoms. The van der Waals surface area contributed by atoms with E-state index in [-0.39, 0.29) is 0 Å². The maximum atomic E-state index is 5.54. The smallest absolute Gasteiger partial charge is 0.0849 e.